The summed E-state index contributed by atoms with van der Waals surface area (Å²) in [5, 5.41) is 1.37. The van der Waals surface area contributed by atoms with Gasteiger partial charge in [-0.25, -0.2) is 0 Å². The van der Waals surface area contributed by atoms with E-state index in [4.69, 9.17) is 5.84 Å². The summed E-state index contributed by atoms with van der Waals surface area (Å²) >= 11 is 1.84. The molecule has 0 fully saturated rings. The average Bonchev–Trinajstić information content (AvgIpc) is 2.74. The van der Waals surface area contributed by atoms with Crippen LogP contribution >= 0.6 is 11.3 Å². The maximum Gasteiger partial charge on any atom is 0.0446 e. The molecular formula is C14H21N3S. The first-order valence-electron chi connectivity index (χ1n) is 6.45. The molecule has 0 unspecified atom stereocenters. The van der Waals surface area contributed by atoms with Gasteiger partial charge in [0.05, 0.1) is 0 Å². The molecular weight excluding hydrogens is 242 g/mol. The SMILES string of the molecule is CCN(CC)Cc1c(CNN)sc2ccccc12. The topological polar surface area (TPSA) is 41.3 Å². The van der Waals surface area contributed by atoms with E-state index in [0.29, 0.717) is 0 Å². The molecule has 1 heterocycles. The van der Waals surface area contributed by atoms with Gasteiger partial charge in [0.2, 0.25) is 0 Å². The largest absolute Gasteiger partial charge is 0.300 e. The van der Waals surface area contributed by atoms with Crippen LogP contribution < -0.4 is 11.3 Å². The van der Waals surface area contributed by atoms with E-state index in [2.05, 4.69) is 48.4 Å². The van der Waals surface area contributed by atoms with E-state index in [1.807, 2.05) is 11.3 Å². The fraction of sp³-hybridized carbons (Fsp3) is 0.429. The third-order valence-electron chi connectivity index (χ3n) is 3.32. The van der Waals surface area contributed by atoms with Crippen LogP contribution in [0.25, 0.3) is 10.1 Å². The molecule has 0 radical (unpaired) electrons. The predicted molar refractivity (Wildman–Crippen MR) is 79.5 cm³/mol. The van der Waals surface area contributed by atoms with Crippen LogP contribution in [0.15, 0.2) is 24.3 Å². The van der Waals surface area contributed by atoms with Gasteiger partial charge in [-0.2, -0.15) is 0 Å². The van der Waals surface area contributed by atoms with Crippen LogP contribution in [0.2, 0.25) is 0 Å². The van der Waals surface area contributed by atoms with Gasteiger partial charge in [0.1, 0.15) is 0 Å². The maximum absolute atomic E-state index is 5.49. The highest BCUT2D eigenvalue weighted by Crippen LogP contribution is 2.32. The van der Waals surface area contributed by atoms with Gasteiger partial charge >= 0.3 is 0 Å². The van der Waals surface area contributed by atoms with Gasteiger partial charge in [-0.3, -0.25) is 16.2 Å². The third kappa shape index (κ3) is 2.72. The van der Waals surface area contributed by atoms with Crippen molar-refractivity contribution >= 4 is 21.4 Å². The summed E-state index contributed by atoms with van der Waals surface area (Å²) in [6.45, 7) is 8.33. The lowest BCUT2D eigenvalue weighted by Gasteiger charge is -2.18. The lowest BCUT2D eigenvalue weighted by molar-refractivity contribution is 0.296. The van der Waals surface area contributed by atoms with Gasteiger partial charge in [0.25, 0.3) is 0 Å². The fourth-order valence-electron chi connectivity index (χ4n) is 2.23. The summed E-state index contributed by atoms with van der Waals surface area (Å²) in [6.07, 6.45) is 0. The number of rotatable bonds is 6. The number of hydrazine groups is 1. The predicted octanol–water partition coefficient (Wildman–Crippen LogP) is 2.71. The fourth-order valence-corrected chi connectivity index (χ4v) is 3.40. The minimum atomic E-state index is 0.746. The zero-order chi connectivity index (χ0) is 13.0. The van der Waals surface area contributed by atoms with Gasteiger partial charge in [-0.15, -0.1) is 11.3 Å². The second-order valence-electron chi connectivity index (χ2n) is 4.34. The molecule has 1 aromatic carbocycles. The Balaban J connectivity index is 2.41. The molecule has 0 aliphatic heterocycles. The minimum absolute atomic E-state index is 0.746. The number of nitrogens with zero attached hydrogens (tertiary/aromatic N) is 1. The number of hydrogen-bond acceptors (Lipinski definition) is 4. The summed E-state index contributed by atoms with van der Waals surface area (Å²) in [6, 6.07) is 8.61. The average molecular weight is 263 g/mol. The number of nitrogens with two attached hydrogens (primary N) is 1. The Labute approximate surface area is 113 Å². The Morgan fingerprint density at radius 3 is 2.61 bits per heavy atom. The van der Waals surface area contributed by atoms with Crippen molar-refractivity contribution in [1.82, 2.24) is 10.3 Å². The van der Waals surface area contributed by atoms with Crippen molar-refractivity contribution in [3.8, 4) is 0 Å². The minimum Gasteiger partial charge on any atom is -0.300 e. The first kappa shape index (κ1) is 13.5. The monoisotopic (exact) mass is 263 g/mol. The smallest absolute Gasteiger partial charge is 0.0446 e. The normalized spacial score (nSPS) is 11.6. The van der Waals surface area contributed by atoms with Crippen molar-refractivity contribution in [1.29, 1.82) is 0 Å². The number of nitrogens with one attached hydrogen (secondary N) is 1. The number of benzene rings is 1. The zero-order valence-electron chi connectivity index (χ0n) is 11.1. The van der Waals surface area contributed by atoms with Crippen LogP contribution in [-0.2, 0) is 13.1 Å². The van der Waals surface area contributed by atoms with E-state index in [-0.39, 0.29) is 0 Å². The van der Waals surface area contributed by atoms with Crippen molar-refractivity contribution < 1.29 is 0 Å². The van der Waals surface area contributed by atoms with Crippen LogP contribution in [0.4, 0.5) is 0 Å². The van der Waals surface area contributed by atoms with Gasteiger partial charge in [0, 0.05) is 22.7 Å². The van der Waals surface area contributed by atoms with Crippen molar-refractivity contribution in [3.05, 3.63) is 34.7 Å². The first-order valence-corrected chi connectivity index (χ1v) is 7.26. The first-order chi connectivity index (χ1) is 8.80. The zero-order valence-corrected chi connectivity index (χ0v) is 11.9. The summed E-state index contributed by atoms with van der Waals surface area (Å²) in [5.41, 5.74) is 4.21. The van der Waals surface area contributed by atoms with Crippen molar-refractivity contribution in [2.75, 3.05) is 13.1 Å². The summed E-state index contributed by atoms with van der Waals surface area (Å²) in [5.74, 6) is 5.49. The molecule has 2 aromatic rings. The van der Waals surface area contributed by atoms with Gasteiger partial charge < -0.3 is 0 Å². The molecule has 0 aliphatic carbocycles. The summed E-state index contributed by atoms with van der Waals surface area (Å²) in [7, 11) is 0. The second-order valence-corrected chi connectivity index (χ2v) is 5.48. The highest BCUT2D eigenvalue weighted by atomic mass is 32.1. The summed E-state index contributed by atoms with van der Waals surface area (Å²) < 4.78 is 1.35. The number of hydrogen-bond donors (Lipinski definition) is 2. The van der Waals surface area contributed by atoms with Crippen LogP contribution in [0.1, 0.15) is 24.3 Å². The molecule has 4 heteroatoms. The quantitative estimate of drug-likeness (QED) is 0.622. The Kier molecular flexibility index (Phi) is 4.72. The molecule has 0 spiro atoms. The molecule has 98 valence electrons. The van der Waals surface area contributed by atoms with Crippen LogP contribution in [0, 0.1) is 0 Å². The highest BCUT2D eigenvalue weighted by molar-refractivity contribution is 7.19. The number of fused-ring (bicyclic) bond motifs is 1. The molecule has 18 heavy (non-hydrogen) atoms. The molecule has 2 rings (SSSR count). The van der Waals surface area contributed by atoms with Crippen molar-refractivity contribution in [3.63, 3.8) is 0 Å². The molecule has 3 nitrogen and oxygen atoms in total. The number of thiophene rings is 1. The van der Waals surface area contributed by atoms with Crippen LogP contribution in [0.5, 0.6) is 0 Å². The Morgan fingerprint density at radius 2 is 1.94 bits per heavy atom. The van der Waals surface area contributed by atoms with Gasteiger partial charge in [0.15, 0.2) is 0 Å². The molecule has 0 amide bonds. The van der Waals surface area contributed by atoms with Gasteiger partial charge in [-0.1, -0.05) is 32.0 Å². The van der Waals surface area contributed by atoms with Crippen LogP contribution in [-0.4, -0.2) is 18.0 Å². The molecule has 0 aliphatic rings. The molecule has 0 atom stereocenters. The second kappa shape index (κ2) is 6.29. The third-order valence-corrected chi connectivity index (χ3v) is 4.53. The molecule has 0 saturated heterocycles. The van der Waals surface area contributed by atoms with Crippen molar-refractivity contribution in [2.24, 2.45) is 5.84 Å². The molecule has 3 N–H and O–H groups in total. The lowest BCUT2D eigenvalue weighted by atomic mass is 10.1. The Bertz CT molecular complexity index is 503. The van der Waals surface area contributed by atoms with Crippen LogP contribution in [0.3, 0.4) is 0 Å². The molecule has 0 bridgehead atoms. The van der Waals surface area contributed by atoms with Crippen molar-refractivity contribution in [2.45, 2.75) is 26.9 Å². The maximum atomic E-state index is 5.49. The van der Waals surface area contributed by atoms with E-state index in [1.54, 1.807) is 0 Å². The standard InChI is InChI=1S/C14H21N3S/c1-3-17(4-2)10-12-11-7-5-6-8-13(11)18-14(12)9-16-15/h5-8,16H,3-4,9-10,15H2,1-2H3. The van der Waals surface area contributed by atoms with E-state index >= 15 is 0 Å². The van der Waals surface area contributed by atoms with Gasteiger partial charge in [-0.05, 0) is 30.1 Å². The Hall–Kier alpha value is -0.940. The Morgan fingerprint density at radius 1 is 1.22 bits per heavy atom. The van der Waals surface area contributed by atoms with E-state index in [9.17, 15) is 0 Å². The molecule has 0 saturated carbocycles. The highest BCUT2D eigenvalue weighted by Gasteiger charge is 2.13. The van der Waals surface area contributed by atoms with E-state index in [0.717, 1.165) is 26.2 Å². The van der Waals surface area contributed by atoms with E-state index in [1.165, 1.54) is 20.5 Å². The summed E-state index contributed by atoms with van der Waals surface area (Å²) in [4.78, 5) is 3.79. The van der Waals surface area contributed by atoms with E-state index < -0.39 is 0 Å². The molecule has 1 aromatic heterocycles. The lowest BCUT2D eigenvalue weighted by Crippen LogP contribution is -2.24.